The molecule has 18 heavy (non-hydrogen) atoms. The molecule has 0 fully saturated rings. The zero-order valence-corrected chi connectivity index (χ0v) is 11.3. The smallest absolute Gasteiger partial charge is 0.338 e. The number of hydrogen-bond donors (Lipinski definition) is 1. The molecule has 0 aliphatic carbocycles. The van der Waals surface area contributed by atoms with Crippen molar-refractivity contribution < 1.29 is 19.4 Å². The lowest BCUT2D eigenvalue weighted by atomic mass is 9.85. The van der Waals surface area contributed by atoms with Crippen molar-refractivity contribution in [2.45, 2.75) is 26.2 Å². The molecule has 0 aliphatic heterocycles. The summed E-state index contributed by atoms with van der Waals surface area (Å²) in [5, 5.41) is 8.63. The molecule has 0 spiro atoms. The lowest BCUT2D eigenvalue weighted by Crippen LogP contribution is -2.15. The van der Waals surface area contributed by atoms with E-state index in [0.29, 0.717) is 5.56 Å². The normalized spacial score (nSPS) is 11.2. The number of benzene rings is 1. The molecule has 1 N–H and O–H groups in total. The van der Waals surface area contributed by atoms with Gasteiger partial charge >= 0.3 is 5.97 Å². The van der Waals surface area contributed by atoms with Crippen LogP contribution in [0, 0.1) is 0 Å². The zero-order valence-electron chi connectivity index (χ0n) is 11.3. The van der Waals surface area contributed by atoms with Gasteiger partial charge in [-0.25, -0.2) is 4.79 Å². The van der Waals surface area contributed by atoms with Crippen LogP contribution < -0.4 is 4.74 Å². The molecule has 0 radical (unpaired) electrons. The van der Waals surface area contributed by atoms with Gasteiger partial charge in [-0.2, -0.15) is 0 Å². The van der Waals surface area contributed by atoms with Gasteiger partial charge in [-0.15, -0.1) is 0 Å². The van der Waals surface area contributed by atoms with E-state index in [1.807, 2.05) is 20.8 Å². The van der Waals surface area contributed by atoms with Crippen LogP contribution in [0.3, 0.4) is 0 Å². The second-order valence-electron chi connectivity index (χ2n) is 5.02. The molecule has 100 valence electrons. The lowest BCUT2D eigenvalue weighted by molar-refractivity contribution is 0.0433. The summed E-state index contributed by atoms with van der Waals surface area (Å²) < 4.78 is 10.2. The first-order chi connectivity index (χ1) is 8.40. The predicted molar refractivity (Wildman–Crippen MR) is 69.1 cm³/mol. The Kier molecular flexibility index (Phi) is 4.73. The van der Waals surface area contributed by atoms with Gasteiger partial charge in [0.05, 0.1) is 19.3 Å². The first-order valence-electron chi connectivity index (χ1n) is 5.86. The van der Waals surface area contributed by atoms with E-state index in [9.17, 15) is 4.79 Å². The molecular weight excluding hydrogens is 232 g/mol. The van der Waals surface area contributed by atoms with E-state index in [1.54, 1.807) is 25.3 Å². The summed E-state index contributed by atoms with van der Waals surface area (Å²) >= 11 is 0. The van der Waals surface area contributed by atoms with E-state index < -0.39 is 5.97 Å². The van der Waals surface area contributed by atoms with Crippen LogP contribution >= 0.6 is 0 Å². The molecule has 0 atom stereocenters. The number of ether oxygens (including phenoxy) is 2. The van der Waals surface area contributed by atoms with Crippen LogP contribution in [-0.2, 0) is 10.2 Å². The van der Waals surface area contributed by atoms with Gasteiger partial charge in [0.15, 0.2) is 0 Å². The summed E-state index contributed by atoms with van der Waals surface area (Å²) in [4.78, 5) is 11.7. The van der Waals surface area contributed by atoms with Crippen LogP contribution in [0.5, 0.6) is 5.75 Å². The zero-order chi connectivity index (χ0) is 13.8. The highest BCUT2D eigenvalue weighted by Crippen LogP contribution is 2.32. The summed E-state index contributed by atoms with van der Waals surface area (Å²) in [5.41, 5.74) is 1.29. The maximum Gasteiger partial charge on any atom is 0.338 e. The van der Waals surface area contributed by atoms with Crippen molar-refractivity contribution in [1.82, 2.24) is 0 Å². The Morgan fingerprint density at radius 2 is 2.00 bits per heavy atom. The molecule has 0 saturated heterocycles. The molecular formula is C14H20O4. The van der Waals surface area contributed by atoms with E-state index >= 15 is 0 Å². The van der Waals surface area contributed by atoms with Crippen LogP contribution in [0.25, 0.3) is 0 Å². The quantitative estimate of drug-likeness (QED) is 0.834. The van der Waals surface area contributed by atoms with Crippen molar-refractivity contribution in [3.8, 4) is 5.75 Å². The fraction of sp³-hybridized carbons (Fsp3) is 0.500. The van der Waals surface area contributed by atoms with E-state index in [4.69, 9.17) is 14.6 Å². The number of methoxy groups -OCH3 is 1. The highest BCUT2D eigenvalue weighted by molar-refractivity contribution is 5.90. The minimum atomic E-state index is -0.433. The number of carbonyl (C=O) groups is 1. The number of hydrogen-bond acceptors (Lipinski definition) is 4. The molecule has 0 unspecified atom stereocenters. The molecule has 0 saturated carbocycles. The van der Waals surface area contributed by atoms with E-state index in [-0.39, 0.29) is 18.6 Å². The third-order valence-electron chi connectivity index (χ3n) is 2.57. The molecule has 0 aromatic heterocycles. The van der Waals surface area contributed by atoms with Crippen molar-refractivity contribution in [2.75, 3.05) is 20.3 Å². The van der Waals surface area contributed by atoms with E-state index in [2.05, 4.69) is 0 Å². The Balaban J connectivity index is 3.07. The highest BCUT2D eigenvalue weighted by atomic mass is 16.5. The van der Waals surface area contributed by atoms with E-state index in [0.717, 1.165) is 11.3 Å². The van der Waals surface area contributed by atoms with Gasteiger partial charge in [0.25, 0.3) is 0 Å². The molecule has 0 amide bonds. The van der Waals surface area contributed by atoms with Crippen LogP contribution in [0.2, 0.25) is 0 Å². The number of esters is 1. The van der Waals surface area contributed by atoms with Crippen LogP contribution in [-0.4, -0.2) is 31.4 Å². The minimum Gasteiger partial charge on any atom is -0.496 e. The van der Waals surface area contributed by atoms with Crippen LogP contribution in [0.4, 0.5) is 0 Å². The van der Waals surface area contributed by atoms with Crippen molar-refractivity contribution in [3.63, 3.8) is 0 Å². The molecule has 1 aromatic carbocycles. The lowest BCUT2D eigenvalue weighted by Gasteiger charge is -2.22. The van der Waals surface area contributed by atoms with Gasteiger partial charge in [0.1, 0.15) is 12.4 Å². The first kappa shape index (κ1) is 14.5. The third-order valence-corrected chi connectivity index (χ3v) is 2.57. The summed E-state index contributed by atoms with van der Waals surface area (Å²) in [7, 11) is 1.61. The van der Waals surface area contributed by atoms with Crippen LogP contribution in [0.1, 0.15) is 36.7 Å². The molecule has 0 heterocycles. The molecule has 1 rings (SSSR count). The monoisotopic (exact) mass is 252 g/mol. The summed E-state index contributed by atoms with van der Waals surface area (Å²) in [6.07, 6.45) is 0. The maximum atomic E-state index is 11.7. The Morgan fingerprint density at radius 3 is 2.50 bits per heavy atom. The molecule has 4 heteroatoms. The Labute approximate surface area is 108 Å². The largest absolute Gasteiger partial charge is 0.496 e. The van der Waals surface area contributed by atoms with Crippen LogP contribution in [0.15, 0.2) is 18.2 Å². The fourth-order valence-corrected chi connectivity index (χ4v) is 1.64. The summed E-state index contributed by atoms with van der Waals surface area (Å²) in [6.45, 7) is 5.98. The predicted octanol–water partition coefficient (Wildman–Crippen LogP) is 2.14. The van der Waals surface area contributed by atoms with Gasteiger partial charge in [0, 0.05) is 5.56 Å². The molecule has 0 bridgehead atoms. The average molecular weight is 252 g/mol. The molecule has 1 aromatic rings. The van der Waals surface area contributed by atoms with Gasteiger partial charge in [-0.1, -0.05) is 20.8 Å². The SMILES string of the molecule is COc1ccc(C(=O)OCCO)cc1C(C)(C)C. The van der Waals surface area contributed by atoms with Gasteiger partial charge in [-0.05, 0) is 23.6 Å². The Bertz CT molecular complexity index is 418. The van der Waals surface area contributed by atoms with Gasteiger partial charge < -0.3 is 14.6 Å². The van der Waals surface area contributed by atoms with Crippen molar-refractivity contribution in [2.24, 2.45) is 0 Å². The standard InChI is InChI=1S/C14H20O4/c1-14(2,3)11-9-10(5-6-12(11)17-4)13(16)18-8-7-15/h5-6,9,15H,7-8H2,1-4H3. The van der Waals surface area contributed by atoms with Crippen molar-refractivity contribution >= 4 is 5.97 Å². The van der Waals surface area contributed by atoms with Crippen molar-refractivity contribution in [1.29, 1.82) is 0 Å². The average Bonchev–Trinajstić information content (AvgIpc) is 2.34. The second kappa shape index (κ2) is 5.87. The number of carbonyl (C=O) groups excluding carboxylic acids is 1. The summed E-state index contributed by atoms with van der Waals surface area (Å²) in [6, 6.07) is 5.20. The second-order valence-corrected chi connectivity index (χ2v) is 5.02. The maximum absolute atomic E-state index is 11.7. The highest BCUT2D eigenvalue weighted by Gasteiger charge is 2.21. The Morgan fingerprint density at radius 1 is 1.33 bits per heavy atom. The van der Waals surface area contributed by atoms with E-state index in [1.165, 1.54) is 0 Å². The Hall–Kier alpha value is -1.55. The summed E-state index contributed by atoms with van der Waals surface area (Å²) in [5.74, 6) is 0.318. The molecule has 4 nitrogen and oxygen atoms in total. The van der Waals surface area contributed by atoms with Gasteiger partial charge in [-0.3, -0.25) is 0 Å². The number of rotatable bonds is 4. The fourth-order valence-electron chi connectivity index (χ4n) is 1.64. The third kappa shape index (κ3) is 3.47. The first-order valence-corrected chi connectivity index (χ1v) is 5.86. The van der Waals surface area contributed by atoms with Gasteiger partial charge in [0.2, 0.25) is 0 Å². The van der Waals surface area contributed by atoms with Crippen molar-refractivity contribution in [3.05, 3.63) is 29.3 Å². The topological polar surface area (TPSA) is 55.8 Å². The minimum absolute atomic E-state index is 0.00964. The number of aliphatic hydroxyl groups excluding tert-OH is 1. The number of aliphatic hydroxyl groups is 1. The molecule has 0 aliphatic rings.